The van der Waals surface area contributed by atoms with E-state index in [2.05, 4.69) is 35.7 Å². The third kappa shape index (κ3) is 10.8. The van der Waals surface area contributed by atoms with Gasteiger partial charge in [0.1, 0.15) is 6.61 Å². The van der Waals surface area contributed by atoms with Crippen LogP contribution in [0.25, 0.3) is 0 Å². The zero-order chi connectivity index (χ0) is 14.0. The number of nitrogens with one attached hydrogen (secondary N) is 1. The summed E-state index contributed by atoms with van der Waals surface area (Å²) in [5.41, 5.74) is 0. The Bertz CT molecular complexity index is 196. The number of hydrogen-bond acceptors (Lipinski definition) is 3. The van der Waals surface area contributed by atoms with Crippen molar-refractivity contribution >= 4 is 0 Å². The van der Waals surface area contributed by atoms with Gasteiger partial charge in [0.2, 0.25) is 0 Å². The third-order valence-corrected chi connectivity index (χ3v) is 2.65. The molecule has 0 rings (SSSR count). The fourth-order valence-electron chi connectivity index (χ4n) is 1.64. The molecule has 0 heterocycles. The Balaban J connectivity index is 3.43. The summed E-state index contributed by atoms with van der Waals surface area (Å²) in [5.74, 6) is 0. The van der Waals surface area contributed by atoms with E-state index in [-0.39, 0.29) is 6.61 Å². The summed E-state index contributed by atoms with van der Waals surface area (Å²) >= 11 is 0. The van der Waals surface area contributed by atoms with Crippen molar-refractivity contribution in [1.29, 1.82) is 0 Å². The Labute approximate surface area is 108 Å². The highest BCUT2D eigenvalue weighted by molar-refractivity contribution is 4.66. The molecule has 0 aromatic rings. The molecule has 0 radical (unpaired) electrons. The molecule has 0 saturated heterocycles. The van der Waals surface area contributed by atoms with E-state index in [1.807, 2.05) is 0 Å². The molecule has 0 aliphatic rings. The second-order valence-corrected chi connectivity index (χ2v) is 4.36. The minimum absolute atomic E-state index is 0.143. The Kier molecular flexibility index (Phi) is 9.40. The Morgan fingerprint density at radius 2 is 1.83 bits per heavy atom. The quantitative estimate of drug-likeness (QED) is 0.616. The van der Waals surface area contributed by atoms with Gasteiger partial charge in [0.15, 0.2) is 0 Å². The van der Waals surface area contributed by atoms with Crippen LogP contribution in [-0.4, -0.2) is 56.5 Å². The van der Waals surface area contributed by atoms with Crippen LogP contribution in [0.5, 0.6) is 0 Å². The molecule has 0 aliphatic carbocycles. The Morgan fingerprint density at radius 1 is 1.22 bits per heavy atom. The fraction of sp³-hybridized carbons (Fsp3) is 1.00. The maximum absolute atomic E-state index is 11.8. The zero-order valence-corrected chi connectivity index (χ0v) is 11.5. The minimum Gasteiger partial charge on any atom is -0.372 e. The molecule has 110 valence electrons. The van der Waals surface area contributed by atoms with E-state index in [1.165, 1.54) is 0 Å². The van der Waals surface area contributed by atoms with Gasteiger partial charge in [-0.15, -0.1) is 0 Å². The highest BCUT2D eigenvalue weighted by Gasteiger charge is 2.27. The van der Waals surface area contributed by atoms with Crippen molar-refractivity contribution in [3.05, 3.63) is 0 Å². The number of rotatable bonds is 10. The molecule has 0 spiro atoms. The van der Waals surface area contributed by atoms with Crippen LogP contribution >= 0.6 is 0 Å². The fourth-order valence-corrected chi connectivity index (χ4v) is 1.64. The molecular weight excluding hydrogens is 245 g/mol. The second-order valence-electron chi connectivity index (χ2n) is 4.36. The first kappa shape index (κ1) is 17.7. The minimum atomic E-state index is -4.22. The monoisotopic (exact) mass is 270 g/mol. The van der Waals surface area contributed by atoms with E-state index in [1.54, 1.807) is 0 Å². The van der Waals surface area contributed by atoms with Gasteiger partial charge in [-0.2, -0.15) is 13.2 Å². The van der Waals surface area contributed by atoms with Gasteiger partial charge >= 0.3 is 6.18 Å². The van der Waals surface area contributed by atoms with E-state index in [0.717, 1.165) is 19.6 Å². The van der Waals surface area contributed by atoms with Crippen LogP contribution in [-0.2, 0) is 4.74 Å². The first-order valence-corrected chi connectivity index (χ1v) is 6.49. The smallest absolute Gasteiger partial charge is 0.372 e. The molecule has 3 nitrogen and oxygen atoms in total. The lowest BCUT2D eigenvalue weighted by Crippen LogP contribution is -2.39. The summed E-state index contributed by atoms with van der Waals surface area (Å²) in [6.07, 6.45) is -3.62. The van der Waals surface area contributed by atoms with E-state index < -0.39 is 12.8 Å². The molecule has 0 saturated carbocycles. The van der Waals surface area contributed by atoms with E-state index >= 15 is 0 Å². The number of likely N-dealkylation sites (N-methyl/N-ethyl adjacent to an activating group) is 1. The van der Waals surface area contributed by atoms with E-state index in [9.17, 15) is 13.2 Å². The summed E-state index contributed by atoms with van der Waals surface area (Å²) < 4.78 is 39.8. The number of hydrogen-bond donors (Lipinski definition) is 1. The van der Waals surface area contributed by atoms with Crippen molar-refractivity contribution in [2.75, 3.05) is 39.4 Å². The first-order chi connectivity index (χ1) is 8.39. The van der Waals surface area contributed by atoms with Gasteiger partial charge in [-0.05, 0) is 33.0 Å². The van der Waals surface area contributed by atoms with Crippen molar-refractivity contribution in [3.63, 3.8) is 0 Å². The van der Waals surface area contributed by atoms with Crippen LogP contribution in [0.2, 0.25) is 0 Å². The number of halogens is 3. The molecule has 18 heavy (non-hydrogen) atoms. The molecule has 0 amide bonds. The highest BCUT2D eigenvalue weighted by atomic mass is 19.4. The van der Waals surface area contributed by atoms with Crippen molar-refractivity contribution in [3.8, 4) is 0 Å². The SMILES string of the molecule is CCN(CC)CC(C)NCCCOCC(F)(F)F. The van der Waals surface area contributed by atoms with E-state index in [4.69, 9.17) is 0 Å². The van der Waals surface area contributed by atoms with Gasteiger partial charge in [-0.3, -0.25) is 0 Å². The predicted molar refractivity (Wildman–Crippen MR) is 66.7 cm³/mol. The van der Waals surface area contributed by atoms with Gasteiger partial charge in [-0.1, -0.05) is 13.8 Å². The maximum atomic E-state index is 11.8. The van der Waals surface area contributed by atoms with E-state index in [0.29, 0.717) is 19.0 Å². The molecule has 0 aliphatic heterocycles. The highest BCUT2D eigenvalue weighted by Crippen LogP contribution is 2.14. The summed E-state index contributed by atoms with van der Waals surface area (Å²) in [6, 6.07) is 0.340. The lowest BCUT2D eigenvalue weighted by atomic mass is 10.3. The maximum Gasteiger partial charge on any atom is 0.411 e. The number of ether oxygens (including phenoxy) is 1. The molecular formula is C12H25F3N2O. The van der Waals surface area contributed by atoms with Gasteiger partial charge in [0.25, 0.3) is 0 Å². The van der Waals surface area contributed by atoms with Crippen LogP contribution in [0.15, 0.2) is 0 Å². The normalized spacial score (nSPS) is 14.2. The molecule has 0 aromatic heterocycles. The van der Waals surface area contributed by atoms with Crippen LogP contribution in [0.3, 0.4) is 0 Å². The molecule has 0 bridgehead atoms. The number of alkyl halides is 3. The lowest BCUT2D eigenvalue weighted by Gasteiger charge is -2.23. The van der Waals surface area contributed by atoms with Crippen molar-refractivity contribution < 1.29 is 17.9 Å². The van der Waals surface area contributed by atoms with Crippen LogP contribution in [0.4, 0.5) is 13.2 Å². The van der Waals surface area contributed by atoms with Crippen molar-refractivity contribution in [2.24, 2.45) is 0 Å². The van der Waals surface area contributed by atoms with Gasteiger partial charge in [-0.25, -0.2) is 0 Å². The molecule has 6 heteroatoms. The third-order valence-electron chi connectivity index (χ3n) is 2.65. The van der Waals surface area contributed by atoms with Gasteiger partial charge in [0, 0.05) is 19.2 Å². The average molecular weight is 270 g/mol. The standard InChI is InChI=1S/C12H25F3N2O/c1-4-17(5-2)9-11(3)16-7-6-8-18-10-12(13,14)15/h11,16H,4-10H2,1-3H3. The average Bonchev–Trinajstić information content (AvgIpc) is 2.29. The molecule has 1 N–H and O–H groups in total. The van der Waals surface area contributed by atoms with Crippen LogP contribution in [0, 0.1) is 0 Å². The second kappa shape index (κ2) is 9.58. The summed E-state index contributed by atoms with van der Waals surface area (Å²) in [5, 5.41) is 3.28. The first-order valence-electron chi connectivity index (χ1n) is 6.49. The lowest BCUT2D eigenvalue weighted by molar-refractivity contribution is -0.173. The topological polar surface area (TPSA) is 24.5 Å². The summed E-state index contributed by atoms with van der Waals surface area (Å²) in [6.45, 7) is 8.95. The molecule has 0 fully saturated rings. The van der Waals surface area contributed by atoms with Crippen LogP contribution in [0.1, 0.15) is 27.2 Å². The summed E-state index contributed by atoms with van der Waals surface area (Å²) in [7, 11) is 0. The largest absolute Gasteiger partial charge is 0.411 e. The predicted octanol–water partition coefficient (Wildman–Crippen LogP) is 2.28. The Hall–Kier alpha value is -0.330. The molecule has 0 aromatic carbocycles. The Morgan fingerprint density at radius 3 is 2.33 bits per heavy atom. The molecule has 1 atom stereocenters. The van der Waals surface area contributed by atoms with Gasteiger partial charge < -0.3 is 15.0 Å². The van der Waals surface area contributed by atoms with Crippen molar-refractivity contribution in [1.82, 2.24) is 10.2 Å². The number of nitrogens with zero attached hydrogens (tertiary/aromatic N) is 1. The zero-order valence-electron chi connectivity index (χ0n) is 11.5. The van der Waals surface area contributed by atoms with Gasteiger partial charge in [0.05, 0.1) is 0 Å². The van der Waals surface area contributed by atoms with Crippen molar-refractivity contribution in [2.45, 2.75) is 39.4 Å². The molecule has 1 unspecified atom stereocenters. The summed E-state index contributed by atoms with van der Waals surface area (Å²) in [4.78, 5) is 2.30. The van der Waals surface area contributed by atoms with Crippen LogP contribution < -0.4 is 5.32 Å².